The van der Waals surface area contributed by atoms with E-state index in [1.165, 1.54) is 12.1 Å². The van der Waals surface area contributed by atoms with Crippen LogP contribution in [0.1, 0.15) is 24.2 Å². The summed E-state index contributed by atoms with van der Waals surface area (Å²) in [7, 11) is 1.77. The van der Waals surface area contributed by atoms with Crippen molar-refractivity contribution in [3.8, 4) is 16.9 Å². The lowest BCUT2D eigenvalue weighted by Gasteiger charge is -2.23. The van der Waals surface area contributed by atoms with Crippen LogP contribution in [0.25, 0.3) is 11.1 Å². The lowest BCUT2D eigenvalue weighted by Crippen LogP contribution is -2.30. The first-order valence-electron chi connectivity index (χ1n) is 9.73. The zero-order chi connectivity index (χ0) is 20.2. The van der Waals surface area contributed by atoms with Crippen LogP contribution in [0.4, 0.5) is 8.78 Å². The fraction of sp³-hybridized carbons (Fsp3) is 0.381. The van der Waals surface area contributed by atoms with E-state index >= 15 is 0 Å². The quantitative estimate of drug-likeness (QED) is 0.690. The number of piperidine rings is 1. The highest BCUT2D eigenvalue weighted by molar-refractivity contribution is 5.65. The molecule has 29 heavy (non-hydrogen) atoms. The van der Waals surface area contributed by atoms with Crippen molar-refractivity contribution in [2.45, 2.75) is 19.3 Å². The van der Waals surface area contributed by atoms with E-state index in [1.807, 2.05) is 24.3 Å². The summed E-state index contributed by atoms with van der Waals surface area (Å²) in [5.74, 6) is -0.634. The molecule has 0 bridgehead atoms. The number of aromatic nitrogens is 4. The van der Waals surface area contributed by atoms with Crippen LogP contribution in [0.5, 0.6) is 5.75 Å². The van der Waals surface area contributed by atoms with Crippen LogP contribution in [0.15, 0.2) is 36.4 Å². The smallest absolute Gasteiger partial charge is 0.190 e. The van der Waals surface area contributed by atoms with Gasteiger partial charge in [-0.3, -0.25) is 0 Å². The van der Waals surface area contributed by atoms with Gasteiger partial charge in [0.05, 0.1) is 6.61 Å². The molecule has 1 aliphatic heterocycles. The van der Waals surface area contributed by atoms with Crippen molar-refractivity contribution >= 4 is 0 Å². The first-order chi connectivity index (χ1) is 14.1. The molecule has 0 spiro atoms. The average molecular weight is 399 g/mol. The van der Waals surface area contributed by atoms with Crippen molar-refractivity contribution in [1.29, 1.82) is 0 Å². The number of benzene rings is 2. The third-order valence-electron chi connectivity index (χ3n) is 5.25. The minimum absolute atomic E-state index is 0.298. The molecule has 2 heterocycles. The molecule has 6 nitrogen and oxygen atoms in total. The van der Waals surface area contributed by atoms with Crippen LogP contribution < -0.4 is 10.1 Å². The molecule has 0 aliphatic carbocycles. The van der Waals surface area contributed by atoms with Crippen LogP contribution in [0.2, 0.25) is 0 Å². The van der Waals surface area contributed by atoms with E-state index in [1.54, 1.807) is 11.7 Å². The standard InChI is InChI=1S/C21H23F2N5O/c1-28-20(25-26-27-28)10-15-3-2-4-16(9-15)17-11-18(22)21(19(23)12-17)29-13-14-5-7-24-8-6-14/h2-4,9,11-12,14,24H,5-8,10,13H2,1H3. The van der Waals surface area contributed by atoms with Crippen molar-refractivity contribution in [1.82, 2.24) is 25.5 Å². The fourth-order valence-electron chi connectivity index (χ4n) is 3.56. The monoisotopic (exact) mass is 399 g/mol. The number of aryl methyl sites for hydroxylation is 1. The van der Waals surface area contributed by atoms with Crippen molar-refractivity contribution in [2.75, 3.05) is 19.7 Å². The number of nitrogens with one attached hydrogen (secondary N) is 1. The molecule has 2 aromatic carbocycles. The van der Waals surface area contributed by atoms with Crippen molar-refractivity contribution in [2.24, 2.45) is 13.0 Å². The van der Waals surface area contributed by atoms with Crippen LogP contribution in [-0.2, 0) is 13.5 Å². The van der Waals surface area contributed by atoms with E-state index in [2.05, 4.69) is 20.8 Å². The Bertz CT molecular complexity index is 962. The molecular formula is C21H23F2N5O. The second-order valence-electron chi connectivity index (χ2n) is 7.37. The molecule has 0 unspecified atom stereocenters. The third kappa shape index (κ3) is 4.59. The predicted octanol–water partition coefficient (Wildman–Crippen LogP) is 3.12. The van der Waals surface area contributed by atoms with Gasteiger partial charge in [0.15, 0.2) is 23.2 Å². The number of halogens is 2. The summed E-state index contributed by atoms with van der Waals surface area (Å²) in [6.45, 7) is 2.16. The fourth-order valence-corrected chi connectivity index (χ4v) is 3.56. The Balaban J connectivity index is 1.51. The highest BCUT2D eigenvalue weighted by Gasteiger charge is 2.18. The number of tetrazole rings is 1. The summed E-state index contributed by atoms with van der Waals surface area (Å²) in [6, 6.07) is 10.1. The van der Waals surface area contributed by atoms with Gasteiger partial charge in [0.1, 0.15) is 0 Å². The van der Waals surface area contributed by atoms with Gasteiger partial charge >= 0.3 is 0 Å². The topological polar surface area (TPSA) is 64.9 Å². The first-order valence-corrected chi connectivity index (χ1v) is 9.73. The zero-order valence-corrected chi connectivity index (χ0v) is 16.2. The molecule has 8 heteroatoms. The highest BCUT2D eigenvalue weighted by atomic mass is 19.1. The maximum Gasteiger partial charge on any atom is 0.190 e. The van der Waals surface area contributed by atoms with Gasteiger partial charge < -0.3 is 10.1 Å². The molecule has 1 N–H and O–H groups in total. The molecule has 152 valence electrons. The Kier molecular flexibility index (Phi) is 5.80. The Morgan fingerprint density at radius 3 is 2.55 bits per heavy atom. The maximum absolute atomic E-state index is 14.6. The summed E-state index contributed by atoms with van der Waals surface area (Å²) in [5.41, 5.74) is 2.14. The predicted molar refractivity (Wildman–Crippen MR) is 104 cm³/mol. The van der Waals surface area contributed by atoms with E-state index in [4.69, 9.17) is 4.74 Å². The average Bonchev–Trinajstić information content (AvgIpc) is 3.12. The van der Waals surface area contributed by atoms with Crippen molar-refractivity contribution in [3.05, 3.63) is 59.4 Å². The second-order valence-corrected chi connectivity index (χ2v) is 7.37. The summed E-state index contributed by atoms with van der Waals surface area (Å²) >= 11 is 0. The lowest BCUT2D eigenvalue weighted by molar-refractivity contribution is 0.201. The van der Waals surface area contributed by atoms with E-state index < -0.39 is 11.6 Å². The van der Waals surface area contributed by atoms with Crippen molar-refractivity contribution < 1.29 is 13.5 Å². The number of hydrogen-bond acceptors (Lipinski definition) is 5. The van der Waals surface area contributed by atoms with Crippen LogP contribution >= 0.6 is 0 Å². The van der Waals surface area contributed by atoms with Gasteiger partial charge in [0, 0.05) is 13.5 Å². The Hall–Kier alpha value is -2.87. The highest BCUT2D eigenvalue weighted by Crippen LogP contribution is 2.30. The van der Waals surface area contributed by atoms with E-state index in [9.17, 15) is 8.78 Å². The van der Waals surface area contributed by atoms with Crippen LogP contribution in [0, 0.1) is 17.6 Å². The first kappa shape index (κ1) is 19.4. The van der Waals surface area contributed by atoms with E-state index in [0.29, 0.717) is 30.3 Å². The molecule has 4 rings (SSSR count). The molecule has 1 saturated heterocycles. The molecule has 0 amide bonds. The van der Waals surface area contributed by atoms with E-state index in [-0.39, 0.29) is 5.75 Å². The number of nitrogens with zero attached hydrogens (tertiary/aromatic N) is 4. The zero-order valence-electron chi connectivity index (χ0n) is 16.2. The molecule has 1 aliphatic rings. The lowest BCUT2D eigenvalue weighted by atomic mass is 9.99. The summed E-state index contributed by atoms with van der Waals surface area (Å²) in [4.78, 5) is 0. The summed E-state index contributed by atoms with van der Waals surface area (Å²) in [5, 5.41) is 14.7. The summed E-state index contributed by atoms with van der Waals surface area (Å²) in [6.07, 6.45) is 2.43. The van der Waals surface area contributed by atoms with Gasteiger partial charge in [-0.2, -0.15) is 0 Å². The summed E-state index contributed by atoms with van der Waals surface area (Å²) < 4.78 is 36.3. The molecule has 1 fully saturated rings. The van der Waals surface area contributed by atoms with Gasteiger partial charge in [-0.1, -0.05) is 24.3 Å². The molecular weight excluding hydrogens is 376 g/mol. The van der Waals surface area contributed by atoms with E-state index in [0.717, 1.165) is 37.1 Å². The molecule has 0 radical (unpaired) electrons. The normalized spacial score (nSPS) is 14.9. The molecule has 3 aromatic rings. The number of rotatable bonds is 6. The number of ether oxygens (including phenoxy) is 1. The Morgan fingerprint density at radius 1 is 1.10 bits per heavy atom. The second kappa shape index (κ2) is 8.65. The molecule has 0 atom stereocenters. The van der Waals surface area contributed by atoms with Gasteiger partial charge in [-0.15, -0.1) is 5.10 Å². The number of hydrogen-bond donors (Lipinski definition) is 1. The largest absolute Gasteiger partial charge is 0.487 e. The van der Waals surface area contributed by atoms with Gasteiger partial charge in [-0.05, 0) is 71.1 Å². The maximum atomic E-state index is 14.6. The van der Waals surface area contributed by atoms with Crippen LogP contribution in [-0.4, -0.2) is 39.9 Å². The minimum Gasteiger partial charge on any atom is -0.487 e. The van der Waals surface area contributed by atoms with Gasteiger partial charge in [-0.25, -0.2) is 13.5 Å². The minimum atomic E-state index is -0.683. The SMILES string of the molecule is Cn1nnnc1Cc1cccc(-c2cc(F)c(OCC3CCNCC3)c(F)c2)c1. The molecule has 1 aromatic heterocycles. The Morgan fingerprint density at radius 2 is 1.86 bits per heavy atom. The Labute approximate surface area is 167 Å². The van der Waals surface area contributed by atoms with Gasteiger partial charge in [0.2, 0.25) is 0 Å². The van der Waals surface area contributed by atoms with Crippen molar-refractivity contribution in [3.63, 3.8) is 0 Å². The third-order valence-corrected chi connectivity index (χ3v) is 5.25. The van der Waals surface area contributed by atoms with Crippen LogP contribution in [0.3, 0.4) is 0 Å². The molecule has 0 saturated carbocycles. The van der Waals surface area contributed by atoms with Gasteiger partial charge in [0.25, 0.3) is 0 Å².